The number of anilines is 1. The van der Waals surface area contributed by atoms with Gasteiger partial charge in [0.2, 0.25) is 0 Å². The first-order valence-corrected chi connectivity index (χ1v) is 7.03. The Morgan fingerprint density at radius 2 is 2.24 bits per heavy atom. The van der Waals surface area contributed by atoms with Crippen molar-refractivity contribution in [2.75, 3.05) is 18.1 Å². The minimum absolute atomic E-state index is 0.173. The predicted molar refractivity (Wildman–Crippen MR) is 61.8 cm³/mol. The third kappa shape index (κ3) is 2.76. The molecule has 94 valence electrons. The molecule has 17 heavy (non-hydrogen) atoms. The normalized spacial score (nSPS) is 20.6. The second kappa shape index (κ2) is 4.62. The van der Waals surface area contributed by atoms with Crippen LogP contribution in [0.3, 0.4) is 0 Å². The summed E-state index contributed by atoms with van der Waals surface area (Å²) >= 11 is 0. The third-order valence-corrected chi connectivity index (χ3v) is 4.53. The topological polar surface area (TPSA) is 69.4 Å². The van der Waals surface area contributed by atoms with E-state index in [9.17, 15) is 12.8 Å². The number of hydrogen-bond donors (Lipinski definition) is 1. The van der Waals surface area contributed by atoms with E-state index in [4.69, 9.17) is 10.5 Å². The molecule has 1 aliphatic heterocycles. The van der Waals surface area contributed by atoms with Crippen LogP contribution in [0.4, 0.5) is 10.1 Å². The molecule has 1 heterocycles. The molecule has 1 aromatic carbocycles. The van der Waals surface area contributed by atoms with E-state index in [0.29, 0.717) is 13.0 Å². The number of halogens is 1. The van der Waals surface area contributed by atoms with Crippen molar-refractivity contribution in [1.29, 1.82) is 0 Å². The number of ether oxygens (including phenoxy) is 1. The average molecular weight is 259 g/mol. The van der Waals surface area contributed by atoms with Crippen molar-refractivity contribution in [3.05, 3.63) is 24.0 Å². The van der Waals surface area contributed by atoms with Crippen LogP contribution in [0, 0.1) is 5.82 Å². The largest absolute Gasteiger partial charge is 0.399 e. The van der Waals surface area contributed by atoms with Crippen molar-refractivity contribution in [3.8, 4) is 0 Å². The van der Waals surface area contributed by atoms with E-state index in [2.05, 4.69) is 0 Å². The van der Waals surface area contributed by atoms with Crippen molar-refractivity contribution in [3.63, 3.8) is 0 Å². The third-order valence-electron chi connectivity index (χ3n) is 2.72. The van der Waals surface area contributed by atoms with Crippen LogP contribution in [-0.2, 0) is 14.6 Å². The van der Waals surface area contributed by atoms with E-state index in [1.54, 1.807) is 0 Å². The van der Waals surface area contributed by atoms with Crippen LogP contribution in [0.2, 0.25) is 0 Å². The molecule has 2 N–H and O–H groups in total. The van der Waals surface area contributed by atoms with Crippen LogP contribution in [0.15, 0.2) is 23.1 Å². The van der Waals surface area contributed by atoms with Gasteiger partial charge < -0.3 is 10.5 Å². The Morgan fingerprint density at radius 1 is 1.47 bits per heavy atom. The van der Waals surface area contributed by atoms with Crippen LogP contribution in [0.1, 0.15) is 12.8 Å². The fraction of sp³-hybridized carbons (Fsp3) is 0.455. The molecule has 4 nitrogen and oxygen atoms in total. The average Bonchev–Trinajstić information content (AvgIpc) is 2.68. The summed E-state index contributed by atoms with van der Waals surface area (Å²) in [4.78, 5) is -0.304. The highest BCUT2D eigenvalue weighted by atomic mass is 32.2. The number of nitrogens with two attached hydrogens (primary N) is 1. The molecular weight excluding hydrogens is 245 g/mol. The van der Waals surface area contributed by atoms with Crippen LogP contribution in [0.25, 0.3) is 0 Å². The first-order chi connectivity index (χ1) is 7.99. The van der Waals surface area contributed by atoms with Crippen LogP contribution in [-0.4, -0.2) is 26.9 Å². The summed E-state index contributed by atoms with van der Waals surface area (Å²) in [5.41, 5.74) is 5.58. The maximum atomic E-state index is 13.5. The van der Waals surface area contributed by atoms with Gasteiger partial charge in [-0.15, -0.1) is 0 Å². The second-order valence-electron chi connectivity index (χ2n) is 4.11. The van der Waals surface area contributed by atoms with E-state index in [-0.39, 0.29) is 22.4 Å². The molecule has 0 amide bonds. The maximum Gasteiger partial charge on any atom is 0.183 e. The molecular formula is C11H14FNO3S. The summed E-state index contributed by atoms with van der Waals surface area (Å²) in [6.07, 6.45) is 1.23. The predicted octanol–water partition coefficient (Wildman–Crippen LogP) is 1.36. The van der Waals surface area contributed by atoms with Gasteiger partial charge in [0.25, 0.3) is 0 Å². The molecule has 0 aliphatic carbocycles. The molecule has 1 fully saturated rings. The van der Waals surface area contributed by atoms with Gasteiger partial charge in [0.1, 0.15) is 10.7 Å². The molecule has 1 unspecified atom stereocenters. The smallest absolute Gasteiger partial charge is 0.183 e. The minimum Gasteiger partial charge on any atom is -0.399 e. The van der Waals surface area contributed by atoms with E-state index >= 15 is 0 Å². The minimum atomic E-state index is -3.65. The Balaban J connectivity index is 2.24. The van der Waals surface area contributed by atoms with Crippen LogP contribution < -0.4 is 5.73 Å². The molecule has 1 saturated heterocycles. The zero-order valence-corrected chi connectivity index (χ0v) is 10.0. The van der Waals surface area contributed by atoms with Crippen LogP contribution in [0.5, 0.6) is 0 Å². The standard InChI is InChI=1S/C11H14FNO3S/c12-10-6-8(13)3-4-11(10)17(14,15)7-9-2-1-5-16-9/h3-4,6,9H,1-2,5,7,13H2. The first kappa shape index (κ1) is 12.3. The molecule has 1 atom stereocenters. The van der Waals surface area contributed by atoms with E-state index < -0.39 is 15.7 Å². The lowest BCUT2D eigenvalue weighted by atomic mass is 10.3. The number of nitrogen functional groups attached to an aromatic ring is 1. The quantitative estimate of drug-likeness (QED) is 0.832. The second-order valence-corrected chi connectivity index (χ2v) is 6.11. The summed E-state index contributed by atoms with van der Waals surface area (Å²) in [6.45, 7) is 0.574. The van der Waals surface area contributed by atoms with Gasteiger partial charge in [-0.25, -0.2) is 12.8 Å². The van der Waals surface area contributed by atoms with Gasteiger partial charge in [0.15, 0.2) is 9.84 Å². The lowest BCUT2D eigenvalue weighted by molar-refractivity contribution is 0.127. The zero-order valence-electron chi connectivity index (χ0n) is 9.23. The number of rotatable bonds is 3. The monoisotopic (exact) mass is 259 g/mol. The number of sulfone groups is 1. The Bertz CT molecular complexity index is 509. The lowest BCUT2D eigenvalue weighted by Gasteiger charge is -2.11. The summed E-state index contributed by atoms with van der Waals surface area (Å²) in [5.74, 6) is -0.976. The van der Waals surface area contributed by atoms with Crippen molar-refractivity contribution in [2.24, 2.45) is 0 Å². The molecule has 0 radical (unpaired) electrons. The first-order valence-electron chi connectivity index (χ1n) is 5.38. The highest BCUT2D eigenvalue weighted by Crippen LogP contribution is 2.22. The highest BCUT2D eigenvalue weighted by Gasteiger charge is 2.26. The molecule has 2 rings (SSSR count). The molecule has 0 spiro atoms. The molecule has 1 aromatic rings. The SMILES string of the molecule is Nc1ccc(S(=O)(=O)CC2CCCO2)c(F)c1. The van der Waals surface area contributed by atoms with Crippen molar-refractivity contribution < 1.29 is 17.5 Å². The Morgan fingerprint density at radius 3 is 2.82 bits per heavy atom. The van der Waals surface area contributed by atoms with Gasteiger partial charge in [-0.2, -0.15) is 0 Å². The summed E-state index contributed by atoms with van der Waals surface area (Å²) in [6, 6.07) is 3.60. The zero-order chi connectivity index (χ0) is 12.5. The molecule has 1 aliphatic rings. The van der Waals surface area contributed by atoms with Crippen molar-refractivity contribution >= 4 is 15.5 Å². The fourth-order valence-corrected chi connectivity index (χ4v) is 3.44. The molecule has 0 saturated carbocycles. The van der Waals surface area contributed by atoms with E-state index in [1.807, 2.05) is 0 Å². The van der Waals surface area contributed by atoms with Gasteiger partial charge in [0.05, 0.1) is 11.9 Å². The van der Waals surface area contributed by atoms with Gasteiger partial charge in [-0.3, -0.25) is 0 Å². The summed E-state index contributed by atoms with van der Waals surface area (Å²) < 4.78 is 42.7. The van der Waals surface area contributed by atoms with Gasteiger partial charge in [-0.1, -0.05) is 0 Å². The van der Waals surface area contributed by atoms with Gasteiger partial charge >= 0.3 is 0 Å². The van der Waals surface area contributed by atoms with Crippen molar-refractivity contribution in [1.82, 2.24) is 0 Å². The summed E-state index contributed by atoms with van der Waals surface area (Å²) in [7, 11) is -3.65. The number of benzene rings is 1. The van der Waals surface area contributed by atoms with Crippen molar-refractivity contribution in [2.45, 2.75) is 23.8 Å². The Kier molecular flexibility index (Phi) is 3.35. The molecule has 0 bridgehead atoms. The summed E-state index contributed by atoms with van der Waals surface area (Å²) in [5, 5.41) is 0. The van der Waals surface area contributed by atoms with Gasteiger partial charge in [-0.05, 0) is 31.0 Å². The maximum absolute atomic E-state index is 13.5. The highest BCUT2D eigenvalue weighted by molar-refractivity contribution is 7.91. The fourth-order valence-electron chi connectivity index (χ4n) is 1.88. The Labute approximate surface area is 99.5 Å². The Hall–Kier alpha value is -1.14. The van der Waals surface area contributed by atoms with Gasteiger partial charge in [0, 0.05) is 12.3 Å². The lowest BCUT2D eigenvalue weighted by Crippen LogP contribution is -2.21. The molecule has 6 heteroatoms. The van der Waals surface area contributed by atoms with E-state index in [1.165, 1.54) is 12.1 Å². The molecule has 0 aromatic heterocycles. The van der Waals surface area contributed by atoms with E-state index in [0.717, 1.165) is 12.5 Å². The number of hydrogen-bond acceptors (Lipinski definition) is 4. The van der Waals surface area contributed by atoms with Crippen LogP contribution >= 0.6 is 0 Å².